The van der Waals surface area contributed by atoms with Crippen molar-refractivity contribution in [1.29, 1.82) is 0 Å². The van der Waals surface area contributed by atoms with Crippen LogP contribution in [0.1, 0.15) is 12.8 Å². The SMILES string of the molecule is O=C(CC1CCNC1)Nc1cccc(-n2ccnc2)c1. The second-order valence-electron chi connectivity index (χ2n) is 5.13. The number of carbonyl (C=O) groups is 1. The van der Waals surface area contributed by atoms with E-state index in [-0.39, 0.29) is 5.91 Å². The minimum absolute atomic E-state index is 0.0847. The summed E-state index contributed by atoms with van der Waals surface area (Å²) in [6, 6.07) is 7.78. The van der Waals surface area contributed by atoms with Gasteiger partial charge in [0.1, 0.15) is 0 Å². The van der Waals surface area contributed by atoms with Crippen molar-refractivity contribution >= 4 is 11.6 Å². The highest BCUT2D eigenvalue weighted by atomic mass is 16.1. The number of carbonyl (C=O) groups excluding carboxylic acids is 1. The largest absolute Gasteiger partial charge is 0.326 e. The molecule has 1 atom stereocenters. The van der Waals surface area contributed by atoms with Crippen LogP contribution in [0.3, 0.4) is 0 Å². The molecule has 20 heavy (non-hydrogen) atoms. The van der Waals surface area contributed by atoms with E-state index in [1.165, 1.54) is 0 Å². The number of anilines is 1. The molecule has 1 saturated heterocycles. The number of imidazole rings is 1. The molecule has 5 nitrogen and oxygen atoms in total. The summed E-state index contributed by atoms with van der Waals surface area (Å²) >= 11 is 0. The molecule has 1 amide bonds. The molecule has 3 rings (SSSR count). The zero-order chi connectivity index (χ0) is 13.8. The molecule has 0 spiro atoms. The number of hydrogen-bond acceptors (Lipinski definition) is 3. The predicted molar refractivity (Wildman–Crippen MR) is 77.8 cm³/mol. The summed E-state index contributed by atoms with van der Waals surface area (Å²) in [6.45, 7) is 1.97. The summed E-state index contributed by atoms with van der Waals surface area (Å²) in [4.78, 5) is 16.0. The molecule has 1 fully saturated rings. The Morgan fingerprint density at radius 3 is 3.20 bits per heavy atom. The van der Waals surface area contributed by atoms with Gasteiger partial charge in [0, 0.05) is 30.2 Å². The molecule has 0 bridgehead atoms. The van der Waals surface area contributed by atoms with E-state index in [0.717, 1.165) is 30.9 Å². The maximum Gasteiger partial charge on any atom is 0.224 e. The predicted octanol–water partition coefficient (Wildman–Crippen LogP) is 1.81. The highest BCUT2D eigenvalue weighted by molar-refractivity contribution is 5.91. The quantitative estimate of drug-likeness (QED) is 0.891. The van der Waals surface area contributed by atoms with E-state index < -0.39 is 0 Å². The van der Waals surface area contributed by atoms with Gasteiger partial charge in [0.2, 0.25) is 5.91 Å². The Morgan fingerprint density at radius 2 is 2.45 bits per heavy atom. The lowest BCUT2D eigenvalue weighted by Gasteiger charge is -2.10. The Hall–Kier alpha value is -2.14. The van der Waals surface area contributed by atoms with Gasteiger partial charge in [0.05, 0.1) is 6.33 Å². The maximum atomic E-state index is 12.0. The Balaban J connectivity index is 1.65. The zero-order valence-electron chi connectivity index (χ0n) is 11.2. The summed E-state index contributed by atoms with van der Waals surface area (Å²) in [7, 11) is 0. The van der Waals surface area contributed by atoms with Crippen molar-refractivity contribution in [2.24, 2.45) is 5.92 Å². The third-order valence-corrected chi connectivity index (χ3v) is 3.57. The smallest absolute Gasteiger partial charge is 0.224 e. The number of aromatic nitrogens is 2. The molecule has 1 unspecified atom stereocenters. The Kier molecular flexibility index (Phi) is 3.78. The van der Waals surface area contributed by atoms with Gasteiger partial charge in [-0.3, -0.25) is 4.79 Å². The monoisotopic (exact) mass is 270 g/mol. The lowest BCUT2D eigenvalue weighted by molar-refractivity contribution is -0.116. The molecule has 1 aliphatic heterocycles. The Labute approximate surface area is 118 Å². The molecule has 2 aromatic rings. The highest BCUT2D eigenvalue weighted by Gasteiger charge is 2.18. The van der Waals surface area contributed by atoms with Gasteiger partial charge >= 0.3 is 0 Å². The fourth-order valence-electron chi connectivity index (χ4n) is 2.52. The summed E-state index contributed by atoms with van der Waals surface area (Å²) in [5, 5.41) is 6.25. The van der Waals surface area contributed by atoms with Gasteiger partial charge in [-0.2, -0.15) is 0 Å². The first-order valence-corrected chi connectivity index (χ1v) is 6.90. The molecule has 5 heteroatoms. The summed E-state index contributed by atoms with van der Waals surface area (Å²) in [5.41, 5.74) is 1.81. The second-order valence-corrected chi connectivity index (χ2v) is 5.13. The summed E-state index contributed by atoms with van der Waals surface area (Å²) < 4.78 is 1.91. The van der Waals surface area contributed by atoms with E-state index in [4.69, 9.17) is 0 Å². The van der Waals surface area contributed by atoms with Gasteiger partial charge in [-0.05, 0) is 43.6 Å². The molecule has 0 saturated carbocycles. The fraction of sp³-hybridized carbons (Fsp3) is 0.333. The van der Waals surface area contributed by atoms with Crippen molar-refractivity contribution in [3.05, 3.63) is 43.0 Å². The molecular formula is C15H18N4O. The minimum Gasteiger partial charge on any atom is -0.326 e. The molecule has 0 aliphatic carbocycles. The van der Waals surface area contributed by atoms with Gasteiger partial charge in [-0.15, -0.1) is 0 Å². The zero-order valence-corrected chi connectivity index (χ0v) is 11.2. The topological polar surface area (TPSA) is 59.0 Å². The molecule has 2 heterocycles. The average molecular weight is 270 g/mol. The van der Waals surface area contributed by atoms with Crippen LogP contribution in [-0.4, -0.2) is 28.5 Å². The van der Waals surface area contributed by atoms with E-state index in [1.54, 1.807) is 12.5 Å². The molecule has 0 radical (unpaired) electrons. The highest BCUT2D eigenvalue weighted by Crippen LogP contribution is 2.17. The number of hydrogen-bond donors (Lipinski definition) is 2. The second kappa shape index (κ2) is 5.88. The number of amides is 1. The number of rotatable bonds is 4. The summed E-state index contributed by atoms with van der Waals surface area (Å²) in [5.74, 6) is 0.549. The molecule has 1 aliphatic rings. The van der Waals surface area contributed by atoms with Crippen LogP contribution in [0.4, 0.5) is 5.69 Å². The van der Waals surface area contributed by atoms with Crippen LogP contribution in [0.5, 0.6) is 0 Å². The van der Waals surface area contributed by atoms with E-state index in [1.807, 2.05) is 35.0 Å². The van der Waals surface area contributed by atoms with Crippen LogP contribution in [0.2, 0.25) is 0 Å². The number of benzene rings is 1. The van der Waals surface area contributed by atoms with E-state index in [9.17, 15) is 4.79 Å². The third-order valence-electron chi connectivity index (χ3n) is 3.57. The standard InChI is InChI=1S/C15H18N4O/c20-15(8-12-4-5-16-10-12)18-13-2-1-3-14(9-13)19-7-6-17-11-19/h1-3,6-7,9,11-12,16H,4-5,8,10H2,(H,18,20). The van der Waals surface area contributed by atoms with Crippen molar-refractivity contribution < 1.29 is 4.79 Å². The van der Waals surface area contributed by atoms with Gasteiger partial charge in [0.25, 0.3) is 0 Å². The Morgan fingerprint density at radius 1 is 1.50 bits per heavy atom. The first kappa shape index (κ1) is 12.9. The van der Waals surface area contributed by atoms with E-state index in [0.29, 0.717) is 12.3 Å². The third kappa shape index (κ3) is 3.05. The van der Waals surface area contributed by atoms with Crippen molar-refractivity contribution in [2.75, 3.05) is 18.4 Å². The van der Waals surface area contributed by atoms with Crippen molar-refractivity contribution in [1.82, 2.24) is 14.9 Å². The van der Waals surface area contributed by atoms with Gasteiger partial charge in [0.15, 0.2) is 0 Å². The van der Waals surface area contributed by atoms with E-state index in [2.05, 4.69) is 15.6 Å². The Bertz CT molecular complexity index is 573. The van der Waals surface area contributed by atoms with Crippen LogP contribution < -0.4 is 10.6 Å². The average Bonchev–Trinajstić information content (AvgIpc) is 3.11. The molecule has 2 N–H and O–H groups in total. The first-order chi connectivity index (χ1) is 9.81. The number of nitrogens with zero attached hydrogens (tertiary/aromatic N) is 2. The van der Waals surface area contributed by atoms with E-state index >= 15 is 0 Å². The molecule has 1 aromatic heterocycles. The number of nitrogens with one attached hydrogen (secondary N) is 2. The van der Waals surface area contributed by atoms with Crippen LogP contribution >= 0.6 is 0 Å². The molecule has 1 aromatic carbocycles. The van der Waals surface area contributed by atoms with Gasteiger partial charge < -0.3 is 15.2 Å². The van der Waals surface area contributed by atoms with Gasteiger partial charge in [-0.25, -0.2) is 4.98 Å². The molecule has 104 valence electrons. The molecular weight excluding hydrogens is 252 g/mol. The van der Waals surface area contributed by atoms with Crippen molar-refractivity contribution in [3.8, 4) is 5.69 Å². The summed E-state index contributed by atoms with van der Waals surface area (Å²) in [6.07, 6.45) is 7.03. The van der Waals surface area contributed by atoms with Crippen molar-refractivity contribution in [3.63, 3.8) is 0 Å². The lowest BCUT2D eigenvalue weighted by Crippen LogP contribution is -2.18. The van der Waals surface area contributed by atoms with Crippen LogP contribution in [0.25, 0.3) is 5.69 Å². The minimum atomic E-state index is 0.0847. The van der Waals surface area contributed by atoms with Gasteiger partial charge in [-0.1, -0.05) is 6.07 Å². The van der Waals surface area contributed by atoms with Crippen molar-refractivity contribution in [2.45, 2.75) is 12.8 Å². The maximum absolute atomic E-state index is 12.0. The first-order valence-electron chi connectivity index (χ1n) is 6.90. The fourth-order valence-corrected chi connectivity index (χ4v) is 2.52. The van der Waals surface area contributed by atoms with Crippen LogP contribution in [-0.2, 0) is 4.79 Å². The normalized spacial score (nSPS) is 18.1. The van der Waals surface area contributed by atoms with Crippen LogP contribution in [0, 0.1) is 5.92 Å². The van der Waals surface area contributed by atoms with Crippen LogP contribution in [0.15, 0.2) is 43.0 Å². The lowest BCUT2D eigenvalue weighted by atomic mass is 10.0.